The van der Waals surface area contributed by atoms with Crippen LogP contribution in [0.4, 0.5) is 0 Å². The van der Waals surface area contributed by atoms with Crippen LogP contribution in [0.3, 0.4) is 0 Å². The molecule has 2 heteroatoms. The van der Waals surface area contributed by atoms with E-state index in [9.17, 15) is 10.2 Å². The first-order valence-corrected chi connectivity index (χ1v) is 4.15. The zero-order chi connectivity index (χ0) is 6.88. The second-order valence-corrected chi connectivity index (χ2v) is 4.11. The highest BCUT2D eigenvalue weighted by molar-refractivity contribution is 5.13. The molecule has 0 amide bonds. The lowest BCUT2D eigenvalue weighted by Gasteiger charge is -2.19. The molecule has 3 aliphatic rings. The minimum absolute atomic E-state index is 0.0570. The fraction of sp³-hybridized carbons (Fsp3) is 1.00. The largest absolute Gasteiger partial charge is 0.393 e. The molecule has 4 atom stereocenters. The summed E-state index contributed by atoms with van der Waals surface area (Å²) in [6.07, 6.45) is 2.04. The maximum Gasteiger partial charge on any atom is 0.0604 e. The summed E-state index contributed by atoms with van der Waals surface area (Å²) in [5.41, 5.74) is 0. The summed E-state index contributed by atoms with van der Waals surface area (Å²) < 4.78 is 0. The fourth-order valence-corrected chi connectivity index (χ4v) is 2.68. The molecule has 0 unspecified atom stereocenters. The Balaban J connectivity index is 1.88. The van der Waals surface area contributed by atoms with Crippen molar-refractivity contribution in [3.63, 3.8) is 0 Å². The smallest absolute Gasteiger partial charge is 0.0604 e. The first kappa shape index (κ1) is 5.56. The van der Waals surface area contributed by atoms with Gasteiger partial charge in [0.15, 0.2) is 0 Å². The van der Waals surface area contributed by atoms with Gasteiger partial charge in [0.2, 0.25) is 0 Å². The van der Waals surface area contributed by atoms with E-state index in [2.05, 4.69) is 0 Å². The maximum absolute atomic E-state index is 9.54. The van der Waals surface area contributed by atoms with Gasteiger partial charge in [0.1, 0.15) is 0 Å². The summed E-state index contributed by atoms with van der Waals surface area (Å²) in [6, 6.07) is 0. The van der Waals surface area contributed by atoms with E-state index in [1.54, 1.807) is 0 Å². The van der Waals surface area contributed by atoms with Crippen LogP contribution in [-0.4, -0.2) is 22.4 Å². The van der Waals surface area contributed by atoms with E-state index in [0.717, 1.165) is 12.8 Å². The highest BCUT2D eigenvalue weighted by Crippen LogP contribution is 2.62. The molecule has 2 nitrogen and oxygen atoms in total. The van der Waals surface area contributed by atoms with Crippen LogP contribution in [0.2, 0.25) is 0 Å². The molecule has 0 saturated heterocycles. The van der Waals surface area contributed by atoms with Crippen molar-refractivity contribution in [2.45, 2.75) is 25.0 Å². The standard InChI is InChI=1S/C8H12O2/c9-7-3-1-4(3)8(10)6-2-5(6)7/h3-10H,1-2H2/t3-,4+,5-,6+,7?,8?. The van der Waals surface area contributed by atoms with Crippen molar-refractivity contribution in [2.24, 2.45) is 23.7 Å². The van der Waals surface area contributed by atoms with Crippen molar-refractivity contribution in [3.05, 3.63) is 0 Å². The summed E-state index contributed by atoms with van der Waals surface area (Å²) in [7, 11) is 0. The molecule has 56 valence electrons. The Kier molecular flexibility index (Phi) is 0.783. The molecule has 3 fully saturated rings. The Morgan fingerprint density at radius 3 is 1.30 bits per heavy atom. The van der Waals surface area contributed by atoms with Gasteiger partial charge in [0, 0.05) is 0 Å². The lowest BCUT2D eigenvalue weighted by molar-refractivity contribution is 0.0351. The summed E-state index contributed by atoms with van der Waals surface area (Å²) in [4.78, 5) is 0. The van der Waals surface area contributed by atoms with Crippen molar-refractivity contribution >= 4 is 0 Å². The number of hydrogen-bond donors (Lipinski definition) is 2. The highest BCUT2D eigenvalue weighted by atomic mass is 16.3. The minimum atomic E-state index is -0.0570. The average molecular weight is 140 g/mol. The lowest BCUT2D eigenvalue weighted by Crippen LogP contribution is -2.27. The molecule has 0 aliphatic heterocycles. The molecular weight excluding hydrogens is 128 g/mol. The minimum Gasteiger partial charge on any atom is -0.393 e. The number of aliphatic hydroxyl groups excluding tert-OH is 2. The van der Waals surface area contributed by atoms with Gasteiger partial charge in [-0.15, -0.1) is 0 Å². The third-order valence-corrected chi connectivity index (χ3v) is 3.54. The number of rotatable bonds is 0. The van der Waals surface area contributed by atoms with Gasteiger partial charge in [-0.05, 0) is 36.5 Å². The molecule has 0 aromatic rings. The Hall–Kier alpha value is -0.0800. The van der Waals surface area contributed by atoms with Crippen molar-refractivity contribution < 1.29 is 10.2 Å². The molecule has 3 rings (SSSR count). The molecule has 2 N–H and O–H groups in total. The Morgan fingerprint density at radius 1 is 0.700 bits per heavy atom. The second-order valence-electron chi connectivity index (χ2n) is 4.11. The van der Waals surface area contributed by atoms with E-state index in [0.29, 0.717) is 23.7 Å². The molecule has 3 saturated carbocycles. The molecule has 0 bridgehead atoms. The topological polar surface area (TPSA) is 40.5 Å². The van der Waals surface area contributed by atoms with E-state index in [-0.39, 0.29) is 12.2 Å². The van der Waals surface area contributed by atoms with Gasteiger partial charge in [-0.2, -0.15) is 0 Å². The van der Waals surface area contributed by atoms with Gasteiger partial charge in [-0.25, -0.2) is 0 Å². The van der Waals surface area contributed by atoms with E-state index in [4.69, 9.17) is 0 Å². The van der Waals surface area contributed by atoms with Crippen molar-refractivity contribution in [1.29, 1.82) is 0 Å². The highest BCUT2D eigenvalue weighted by Gasteiger charge is 2.64. The van der Waals surface area contributed by atoms with Crippen molar-refractivity contribution in [2.75, 3.05) is 0 Å². The molecular formula is C8H12O2. The predicted octanol–water partition coefficient (Wildman–Crippen LogP) is -0.00600. The van der Waals surface area contributed by atoms with E-state index < -0.39 is 0 Å². The summed E-state index contributed by atoms with van der Waals surface area (Å²) >= 11 is 0. The number of fused-ring (bicyclic) bond motifs is 2. The average Bonchev–Trinajstić information content (AvgIpc) is 2.77. The van der Waals surface area contributed by atoms with Crippen LogP contribution in [0.5, 0.6) is 0 Å². The van der Waals surface area contributed by atoms with Crippen LogP contribution in [-0.2, 0) is 0 Å². The molecule has 10 heavy (non-hydrogen) atoms. The Labute approximate surface area is 59.9 Å². The van der Waals surface area contributed by atoms with Gasteiger partial charge in [0.05, 0.1) is 12.2 Å². The lowest BCUT2D eigenvalue weighted by atomic mass is 9.95. The van der Waals surface area contributed by atoms with Gasteiger partial charge in [0.25, 0.3) is 0 Å². The normalized spacial score (nSPS) is 70.2. The van der Waals surface area contributed by atoms with E-state index in [1.165, 1.54) is 0 Å². The molecule has 3 aliphatic carbocycles. The van der Waals surface area contributed by atoms with E-state index >= 15 is 0 Å². The van der Waals surface area contributed by atoms with Gasteiger partial charge < -0.3 is 10.2 Å². The first-order chi connectivity index (χ1) is 4.79. The van der Waals surface area contributed by atoms with Gasteiger partial charge in [-0.3, -0.25) is 0 Å². The van der Waals surface area contributed by atoms with Crippen LogP contribution >= 0.6 is 0 Å². The molecule has 0 radical (unpaired) electrons. The monoisotopic (exact) mass is 140 g/mol. The predicted molar refractivity (Wildman–Crippen MR) is 35.2 cm³/mol. The number of hydrogen-bond acceptors (Lipinski definition) is 2. The zero-order valence-electron chi connectivity index (χ0n) is 5.77. The van der Waals surface area contributed by atoms with Crippen LogP contribution in [0.1, 0.15) is 12.8 Å². The third-order valence-electron chi connectivity index (χ3n) is 3.54. The van der Waals surface area contributed by atoms with Crippen LogP contribution < -0.4 is 0 Å². The third kappa shape index (κ3) is 0.487. The first-order valence-electron chi connectivity index (χ1n) is 4.15. The Bertz CT molecular complexity index is 144. The summed E-state index contributed by atoms with van der Waals surface area (Å²) in [5, 5.41) is 19.1. The zero-order valence-corrected chi connectivity index (χ0v) is 5.77. The van der Waals surface area contributed by atoms with Gasteiger partial charge in [-0.1, -0.05) is 0 Å². The van der Waals surface area contributed by atoms with Gasteiger partial charge >= 0.3 is 0 Å². The fourth-order valence-electron chi connectivity index (χ4n) is 2.68. The molecule has 0 spiro atoms. The maximum atomic E-state index is 9.54. The van der Waals surface area contributed by atoms with Crippen molar-refractivity contribution in [3.8, 4) is 0 Å². The van der Waals surface area contributed by atoms with E-state index in [1.807, 2.05) is 0 Å². The van der Waals surface area contributed by atoms with Crippen molar-refractivity contribution in [1.82, 2.24) is 0 Å². The molecule has 0 heterocycles. The molecule has 0 aromatic carbocycles. The summed E-state index contributed by atoms with van der Waals surface area (Å²) in [5.74, 6) is 1.88. The van der Waals surface area contributed by atoms with Crippen LogP contribution in [0, 0.1) is 23.7 Å². The number of aliphatic hydroxyl groups is 2. The van der Waals surface area contributed by atoms with Crippen LogP contribution in [0.25, 0.3) is 0 Å². The quantitative estimate of drug-likeness (QED) is 0.497. The summed E-state index contributed by atoms with van der Waals surface area (Å²) in [6.45, 7) is 0. The molecule has 0 aromatic heterocycles. The Morgan fingerprint density at radius 2 is 1.00 bits per heavy atom. The SMILES string of the molecule is OC1[C@H]2C[C@H]2C(O)[C@@H]2C[C@H]12. The second kappa shape index (κ2) is 1.41. The van der Waals surface area contributed by atoms with Crippen LogP contribution in [0.15, 0.2) is 0 Å².